The maximum atomic E-state index is 11.5. The Balaban J connectivity index is 0.00000249. The predicted octanol–water partition coefficient (Wildman–Crippen LogP) is -1.56. The zero-order valence-corrected chi connectivity index (χ0v) is 19.6. The highest BCUT2D eigenvalue weighted by atomic mass is 32.2. The minimum atomic E-state index is -2.87. The SMILES string of the molecule is C=CC(=O)NCCOCCOCCOCCn1cc(CN2CCS(=O)(=O)CC2)nn1.CN. The number of hydrogen-bond acceptors (Lipinski definition) is 10. The first kappa shape index (κ1) is 28.1. The molecule has 0 atom stereocenters. The quantitative estimate of drug-likeness (QED) is 0.224. The van der Waals surface area contributed by atoms with Crippen LogP contribution in [0.5, 0.6) is 0 Å². The molecule has 32 heavy (non-hydrogen) atoms. The predicted molar refractivity (Wildman–Crippen MR) is 120 cm³/mol. The van der Waals surface area contributed by atoms with Crippen molar-refractivity contribution >= 4 is 15.7 Å². The topological polar surface area (TPSA) is 151 Å². The molecule has 0 spiro atoms. The smallest absolute Gasteiger partial charge is 0.243 e. The molecule has 1 aromatic rings. The van der Waals surface area contributed by atoms with Crippen LogP contribution in [0.4, 0.5) is 0 Å². The molecule has 0 unspecified atom stereocenters. The van der Waals surface area contributed by atoms with Crippen LogP contribution in [0.15, 0.2) is 18.9 Å². The Hall–Kier alpha value is -1.90. The number of sulfone groups is 1. The van der Waals surface area contributed by atoms with E-state index in [4.69, 9.17) is 14.2 Å². The number of amides is 1. The first-order valence-corrected chi connectivity index (χ1v) is 12.3. The minimum Gasteiger partial charge on any atom is -0.377 e. The molecule has 0 bridgehead atoms. The molecule has 3 N–H and O–H groups in total. The molecule has 0 aromatic carbocycles. The van der Waals surface area contributed by atoms with E-state index in [1.807, 2.05) is 6.20 Å². The number of carbonyl (C=O) groups is 1. The monoisotopic (exact) mass is 476 g/mol. The molecule has 1 saturated heterocycles. The van der Waals surface area contributed by atoms with Gasteiger partial charge in [-0.25, -0.2) is 13.1 Å². The maximum absolute atomic E-state index is 11.5. The highest BCUT2D eigenvalue weighted by molar-refractivity contribution is 7.91. The van der Waals surface area contributed by atoms with E-state index in [0.29, 0.717) is 72.4 Å². The fourth-order valence-electron chi connectivity index (χ4n) is 2.68. The van der Waals surface area contributed by atoms with Crippen LogP contribution in [0.3, 0.4) is 0 Å². The van der Waals surface area contributed by atoms with Gasteiger partial charge in [-0.1, -0.05) is 11.8 Å². The van der Waals surface area contributed by atoms with Crippen LogP contribution in [0.1, 0.15) is 5.69 Å². The first-order valence-electron chi connectivity index (χ1n) is 10.5. The van der Waals surface area contributed by atoms with Gasteiger partial charge in [0, 0.05) is 32.4 Å². The van der Waals surface area contributed by atoms with Crippen molar-refractivity contribution in [2.24, 2.45) is 5.73 Å². The lowest BCUT2D eigenvalue weighted by molar-refractivity contribution is -0.116. The summed E-state index contributed by atoms with van der Waals surface area (Å²) in [6.07, 6.45) is 3.08. The van der Waals surface area contributed by atoms with E-state index in [1.54, 1.807) is 4.68 Å². The summed E-state index contributed by atoms with van der Waals surface area (Å²) in [4.78, 5) is 13.0. The van der Waals surface area contributed by atoms with Crippen LogP contribution < -0.4 is 11.1 Å². The van der Waals surface area contributed by atoms with Gasteiger partial charge in [0.15, 0.2) is 9.84 Å². The zero-order chi connectivity index (χ0) is 23.7. The molecule has 1 aliphatic heterocycles. The number of aromatic nitrogens is 3. The summed E-state index contributed by atoms with van der Waals surface area (Å²) < 4.78 is 40.9. The van der Waals surface area contributed by atoms with Gasteiger partial charge in [0.25, 0.3) is 0 Å². The number of nitrogens with zero attached hydrogens (tertiary/aromatic N) is 4. The van der Waals surface area contributed by atoms with E-state index in [1.165, 1.54) is 13.1 Å². The average molecular weight is 477 g/mol. The van der Waals surface area contributed by atoms with E-state index in [-0.39, 0.29) is 17.4 Å². The van der Waals surface area contributed by atoms with Gasteiger partial charge in [-0.05, 0) is 13.1 Å². The Morgan fingerprint density at radius 2 is 1.72 bits per heavy atom. The summed E-state index contributed by atoms with van der Waals surface area (Å²) >= 11 is 0. The van der Waals surface area contributed by atoms with Gasteiger partial charge in [0.05, 0.1) is 63.4 Å². The summed E-state index contributed by atoms with van der Waals surface area (Å²) in [6, 6.07) is 0. The number of hydrogen-bond donors (Lipinski definition) is 2. The van der Waals surface area contributed by atoms with E-state index < -0.39 is 9.84 Å². The van der Waals surface area contributed by atoms with Crippen molar-refractivity contribution < 1.29 is 27.4 Å². The molecule has 0 radical (unpaired) electrons. The molecule has 1 aromatic heterocycles. The zero-order valence-electron chi connectivity index (χ0n) is 18.8. The second-order valence-electron chi connectivity index (χ2n) is 6.73. The van der Waals surface area contributed by atoms with Crippen molar-refractivity contribution in [3.05, 3.63) is 24.5 Å². The maximum Gasteiger partial charge on any atom is 0.243 e. The summed E-state index contributed by atoms with van der Waals surface area (Å²) in [5.74, 6) is 0.197. The van der Waals surface area contributed by atoms with Gasteiger partial charge in [-0.15, -0.1) is 5.10 Å². The molecular weight excluding hydrogens is 440 g/mol. The second-order valence-corrected chi connectivity index (χ2v) is 9.04. The third kappa shape index (κ3) is 12.8. The summed E-state index contributed by atoms with van der Waals surface area (Å²) in [5, 5.41) is 10.8. The van der Waals surface area contributed by atoms with Gasteiger partial charge < -0.3 is 25.3 Å². The Labute approximate surface area is 190 Å². The first-order chi connectivity index (χ1) is 15.5. The van der Waals surface area contributed by atoms with Crippen LogP contribution in [0.25, 0.3) is 0 Å². The third-order valence-electron chi connectivity index (χ3n) is 4.35. The fourth-order valence-corrected chi connectivity index (χ4v) is 3.95. The van der Waals surface area contributed by atoms with Crippen LogP contribution in [0.2, 0.25) is 0 Å². The van der Waals surface area contributed by atoms with E-state index in [9.17, 15) is 13.2 Å². The average Bonchev–Trinajstić information content (AvgIpc) is 3.24. The largest absolute Gasteiger partial charge is 0.377 e. The van der Waals surface area contributed by atoms with Crippen molar-refractivity contribution in [2.75, 3.05) is 77.8 Å². The minimum absolute atomic E-state index is 0.205. The van der Waals surface area contributed by atoms with Crippen molar-refractivity contribution in [3.63, 3.8) is 0 Å². The number of carbonyl (C=O) groups excluding carboxylic acids is 1. The lowest BCUT2D eigenvalue weighted by atomic mass is 10.4. The molecule has 1 aliphatic rings. The van der Waals surface area contributed by atoms with E-state index in [2.05, 4.69) is 32.8 Å². The Morgan fingerprint density at radius 3 is 2.34 bits per heavy atom. The van der Waals surface area contributed by atoms with Gasteiger partial charge >= 0.3 is 0 Å². The fraction of sp³-hybridized carbons (Fsp3) is 0.737. The van der Waals surface area contributed by atoms with Crippen LogP contribution in [-0.2, 0) is 41.9 Å². The Bertz CT molecular complexity index is 743. The molecule has 0 aliphatic carbocycles. The Morgan fingerprint density at radius 1 is 1.12 bits per heavy atom. The lowest BCUT2D eigenvalue weighted by Crippen LogP contribution is -2.39. The van der Waals surface area contributed by atoms with Crippen molar-refractivity contribution in [1.82, 2.24) is 25.2 Å². The van der Waals surface area contributed by atoms with E-state index in [0.717, 1.165) is 5.69 Å². The molecule has 1 fully saturated rings. The third-order valence-corrected chi connectivity index (χ3v) is 5.96. The molecule has 13 heteroatoms. The summed E-state index contributed by atoms with van der Waals surface area (Å²) in [7, 11) is -1.37. The molecular formula is C19H36N6O6S. The van der Waals surface area contributed by atoms with E-state index >= 15 is 0 Å². The lowest BCUT2D eigenvalue weighted by Gasteiger charge is -2.25. The molecule has 2 rings (SSSR count). The molecule has 0 saturated carbocycles. The van der Waals surface area contributed by atoms with Gasteiger partial charge in [0.1, 0.15) is 0 Å². The van der Waals surface area contributed by atoms with Crippen molar-refractivity contribution in [2.45, 2.75) is 13.1 Å². The molecule has 1 amide bonds. The van der Waals surface area contributed by atoms with Crippen molar-refractivity contribution in [1.29, 1.82) is 0 Å². The summed E-state index contributed by atoms with van der Waals surface area (Å²) in [5.41, 5.74) is 5.32. The molecule has 12 nitrogen and oxygen atoms in total. The highest BCUT2D eigenvalue weighted by Gasteiger charge is 2.22. The van der Waals surface area contributed by atoms with Crippen LogP contribution in [0, 0.1) is 0 Å². The van der Waals surface area contributed by atoms with Crippen molar-refractivity contribution in [3.8, 4) is 0 Å². The number of nitrogens with two attached hydrogens (primary N) is 1. The molecule has 184 valence electrons. The van der Waals surface area contributed by atoms with Crippen LogP contribution in [-0.4, -0.2) is 112 Å². The Kier molecular flexibility index (Phi) is 14.7. The number of rotatable bonds is 15. The summed E-state index contributed by atoms with van der Waals surface area (Å²) in [6.45, 7) is 8.84. The second kappa shape index (κ2) is 16.7. The highest BCUT2D eigenvalue weighted by Crippen LogP contribution is 2.07. The van der Waals surface area contributed by atoms with Gasteiger partial charge in [-0.3, -0.25) is 9.69 Å². The number of ether oxygens (including phenoxy) is 3. The number of nitrogens with one attached hydrogen (secondary N) is 1. The standard InChI is InChI=1S/C18H31N5O6S.CH5N/c1-2-18(24)19-3-7-27-9-11-29-12-10-28-8-4-23-16-17(20-21-23)15-22-5-13-30(25,26)14-6-22;1-2/h2,16H,1,3-15H2,(H,19,24);2H2,1H3. The molecule has 2 heterocycles. The normalized spacial score (nSPS) is 15.6. The van der Waals surface area contributed by atoms with Crippen LogP contribution >= 0.6 is 0 Å². The van der Waals surface area contributed by atoms with Gasteiger partial charge in [-0.2, -0.15) is 0 Å². The van der Waals surface area contributed by atoms with Gasteiger partial charge in [0.2, 0.25) is 5.91 Å².